The molecule has 5 amide bonds. The number of carbonyl (C=O) groups is 4. The number of hydrogen-bond acceptors (Lipinski definition) is 6. The van der Waals surface area contributed by atoms with Gasteiger partial charge in [-0.1, -0.05) is 114 Å². The summed E-state index contributed by atoms with van der Waals surface area (Å²) >= 11 is 0. The van der Waals surface area contributed by atoms with Crippen LogP contribution in [0.25, 0.3) is 11.3 Å². The molecule has 59 heavy (non-hydrogen) atoms. The Hall–Kier alpha value is -5.82. The number of carbonyl (C=O) groups excluding carboxylic acids is 3. The molecule has 0 aliphatic carbocycles. The minimum atomic E-state index is -1.33. The van der Waals surface area contributed by atoms with Crippen LogP contribution < -0.4 is 16.0 Å². The largest absolute Gasteiger partial charge is 0.465 e. The highest BCUT2D eigenvalue weighted by molar-refractivity contribution is 5.89. The van der Waals surface area contributed by atoms with Gasteiger partial charge in [0.05, 0.1) is 17.8 Å². The van der Waals surface area contributed by atoms with Crippen LogP contribution in [0.1, 0.15) is 70.6 Å². The number of urea groups is 1. The van der Waals surface area contributed by atoms with Gasteiger partial charge in [-0.2, -0.15) is 0 Å². The summed E-state index contributed by atoms with van der Waals surface area (Å²) in [4.78, 5) is 61.2. The van der Waals surface area contributed by atoms with Crippen LogP contribution in [-0.4, -0.2) is 92.8 Å². The number of pyridine rings is 1. The maximum atomic E-state index is 14.8. The lowest BCUT2D eigenvalue weighted by molar-refractivity contribution is -0.131. The van der Waals surface area contributed by atoms with Crippen LogP contribution in [0.15, 0.2) is 103 Å². The second-order valence-corrected chi connectivity index (χ2v) is 17.4. The van der Waals surface area contributed by atoms with Crippen LogP contribution >= 0.6 is 0 Å². The van der Waals surface area contributed by atoms with E-state index >= 15 is 0 Å². The molecular formula is C46H57FN6O6. The van der Waals surface area contributed by atoms with Gasteiger partial charge < -0.3 is 36.0 Å². The molecule has 314 valence electrons. The van der Waals surface area contributed by atoms with Gasteiger partial charge in [0.1, 0.15) is 17.9 Å². The standard InChI is InChI=1S/C46H57FN6O6/c1-45(2,3)39(51-43(57)58)41(55)49-25-23-37(54)38(35(32-12-8-7-9-13-32)28-30-15-19-33(20-16-30)36-14-10-11-24-48-36)50-42(56)40(46(4,5)6)53-27-26-52(44(53)59)29-31-17-21-34(47)22-18-31/h7-22,24,35,37-40,51,54H,23,25-29H2,1-6H3,(H,49,55)(H,50,56)(H,57,58)/t35?,37-,38-,39+,40+/m0/s1. The number of amides is 5. The molecule has 1 saturated heterocycles. The number of benzene rings is 3. The maximum Gasteiger partial charge on any atom is 0.405 e. The third-order valence-corrected chi connectivity index (χ3v) is 10.7. The molecule has 1 fully saturated rings. The number of nitrogens with one attached hydrogen (secondary N) is 3. The van der Waals surface area contributed by atoms with E-state index in [1.807, 2.05) is 93.6 Å². The van der Waals surface area contributed by atoms with Crippen molar-refractivity contribution < 1.29 is 33.8 Å². The smallest absolute Gasteiger partial charge is 0.405 e. The fraction of sp³-hybridized carbons (Fsp3) is 0.413. The molecule has 0 spiro atoms. The lowest BCUT2D eigenvalue weighted by Crippen LogP contribution is -2.59. The number of halogens is 1. The van der Waals surface area contributed by atoms with Crippen LogP contribution in [0, 0.1) is 16.6 Å². The van der Waals surface area contributed by atoms with E-state index in [1.165, 1.54) is 12.1 Å². The molecule has 0 radical (unpaired) electrons. The molecule has 13 heteroatoms. The third-order valence-electron chi connectivity index (χ3n) is 10.7. The first-order valence-corrected chi connectivity index (χ1v) is 20.0. The average Bonchev–Trinajstić information content (AvgIpc) is 3.53. The summed E-state index contributed by atoms with van der Waals surface area (Å²) in [7, 11) is 0. The summed E-state index contributed by atoms with van der Waals surface area (Å²) in [5, 5.41) is 29.8. The summed E-state index contributed by atoms with van der Waals surface area (Å²) in [5.41, 5.74) is 2.89. The first-order chi connectivity index (χ1) is 27.9. The Balaban J connectivity index is 1.45. The first-order valence-electron chi connectivity index (χ1n) is 20.0. The molecule has 0 bridgehead atoms. The molecule has 2 heterocycles. The average molecular weight is 809 g/mol. The number of carboxylic acid groups (broad SMARTS) is 1. The van der Waals surface area contributed by atoms with Crippen molar-refractivity contribution in [3.8, 4) is 11.3 Å². The van der Waals surface area contributed by atoms with E-state index in [2.05, 4.69) is 20.9 Å². The zero-order valence-electron chi connectivity index (χ0n) is 34.7. The Morgan fingerprint density at radius 1 is 0.797 bits per heavy atom. The highest BCUT2D eigenvalue weighted by Gasteiger charge is 2.45. The van der Waals surface area contributed by atoms with Gasteiger partial charge in [-0.05, 0) is 64.6 Å². The van der Waals surface area contributed by atoms with Gasteiger partial charge >= 0.3 is 12.1 Å². The van der Waals surface area contributed by atoms with Crippen LogP contribution in [-0.2, 0) is 22.6 Å². The Kier molecular flexibility index (Phi) is 14.5. The molecule has 1 aliphatic heterocycles. The molecule has 3 aromatic carbocycles. The molecule has 1 unspecified atom stereocenters. The van der Waals surface area contributed by atoms with Gasteiger partial charge in [0, 0.05) is 43.9 Å². The number of nitrogens with zero attached hydrogens (tertiary/aromatic N) is 3. The van der Waals surface area contributed by atoms with E-state index in [-0.39, 0.29) is 31.4 Å². The first kappa shape index (κ1) is 44.3. The van der Waals surface area contributed by atoms with E-state index in [4.69, 9.17) is 0 Å². The number of hydrogen-bond donors (Lipinski definition) is 5. The highest BCUT2D eigenvalue weighted by Crippen LogP contribution is 2.32. The van der Waals surface area contributed by atoms with Crippen LogP contribution in [0.4, 0.5) is 14.0 Å². The van der Waals surface area contributed by atoms with Crippen molar-refractivity contribution in [2.24, 2.45) is 10.8 Å². The predicted molar refractivity (Wildman–Crippen MR) is 225 cm³/mol. The summed E-state index contributed by atoms with van der Waals surface area (Å²) in [5.74, 6) is -1.81. The SMILES string of the molecule is CC(C)(C)[C@H](NC(=O)O)C(=O)NCC[C@H](O)[C@@H](NC(=O)[C@@H](N1CCN(Cc2ccc(F)cc2)C1=O)C(C)(C)C)C(Cc1ccc(-c2ccccn2)cc1)c1ccccc1. The minimum Gasteiger partial charge on any atom is -0.465 e. The van der Waals surface area contributed by atoms with Gasteiger partial charge in [-0.3, -0.25) is 14.6 Å². The molecule has 5 N–H and O–H groups in total. The Labute approximate surface area is 346 Å². The number of aliphatic hydroxyl groups excluding tert-OH is 1. The lowest BCUT2D eigenvalue weighted by atomic mass is 9.81. The van der Waals surface area contributed by atoms with Crippen molar-refractivity contribution in [3.05, 3.63) is 126 Å². The zero-order valence-corrected chi connectivity index (χ0v) is 34.7. The molecule has 12 nitrogen and oxygen atoms in total. The summed E-state index contributed by atoms with van der Waals surface area (Å²) in [6.07, 6.45) is -0.338. The minimum absolute atomic E-state index is 0.00775. The van der Waals surface area contributed by atoms with E-state index < -0.39 is 58.9 Å². The van der Waals surface area contributed by atoms with Crippen molar-refractivity contribution in [2.75, 3.05) is 19.6 Å². The van der Waals surface area contributed by atoms with E-state index in [9.17, 15) is 33.8 Å². The van der Waals surface area contributed by atoms with Gasteiger partial charge in [0.2, 0.25) is 11.8 Å². The molecule has 4 aromatic rings. The van der Waals surface area contributed by atoms with Crippen LogP contribution in [0.5, 0.6) is 0 Å². The topological polar surface area (TPSA) is 164 Å². The molecule has 1 aromatic heterocycles. The quantitative estimate of drug-likeness (QED) is 0.0852. The summed E-state index contributed by atoms with van der Waals surface area (Å²) in [6, 6.07) is 26.1. The fourth-order valence-corrected chi connectivity index (χ4v) is 7.68. The van der Waals surface area contributed by atoms with Crippen molar-refractivity contribution in [1.82, 2.24) is 30.7 Å². The zero-order chi connectivity index (χ0) is 42.9. The normalized spacial score (nSPS) is 15.8. The predicted octanol–water partition coefficient (Wildman–Crippen LogP) is 6.60. The Bertz CT molecular complexity index is 2020. The second kappa shape index (κ2) is 19.3. The molecule has 0 saturated carbocycles. The Morgan fingerprint density at radius 3 is 2.03 bits per heavy atom. The Morgan fingerprint density at radius 2 is 1.44 bits per heavy atom. The van der Waals surface area contributed by atoms with Gasteiger partial charge in [0.15, 0.2) is 0 Å². The molecule has 1 aliphatic rings. The van der Waals surface area contributed by atoms with Crippen molar-refractivity contribution in [3.63, 3.8) is 0 Å². The monoisotopic (exact) mass is 808 g/mol. The number of aromatic nitrogens is 1. The van der Waals surface area contributed by atoms with Crippen LogP contribution in [0.2, 0.25) is 0 Å². The summed E-state index contributed by atoms with van der Waals surface area (Å²) in [6.45, 7) is 11.8. The van der Waals surface area contributed by atoms with Gasteiger partial charge in [-0.25, -0.2) is 14.0 Å². The number of rotatable bonds is 16. The van der Waals surface area contributed by atoms with Crippen molar-refractivity contribution >= 4 is 23.9 Å². The summed E-state index contributed by atoms with van der Waals surface area (Å²) < 4.78 is 13.6. The maximum absolute atomic E-state index is 14.8. The highest BCUT2D eigenvalue weighted by atomic mass is 19.1. The molecule has 5 rings (SSSR count). The van der Waals surface area contributed by atoms with Crippen LogP contribution in [0.3, 0.4) is 0 Å². The molecule has 5 atom stereocenters. The fourth-order valence-electron chi connectivity index (χ4n) is 7.68. The lowest BCUT2D eigenvalue weighted by Gasteiger charge is -2.39. The third kappa shape index (κ3) is 11.9. The van der Waals surface area contributed by atoms with E-state index in [1.54, 1.807) is 48.9 Å². The second-order valence-electron chi connectivity index (χ2n) is 17.4. The van der Waals surface area contributed by atoms with Gasteiger partial charge in [-0.15, -0.1) is 0 Å². The van der Waals surface area contributed by atoms with Gasteiger partial charge in [0.25, 0.3) is 0 Å². The van der Waals surface area contributed by atoms with Crippen molar-refractivity contribution in [1.29, 1.82) is 0 Å². The van der Waals surface area contributed by atoms with Crippen molar-refractivity contribution in [2.45, 2.75) is 91.1 Å². The van der Waals surface area contributed by atoms with E-state index in [0.717, 1.165) is 27.9 Å². The van der Waals surface area contributed by atoms with E-state index in [0.29, 0.717) is 19.5 Å². The number of aliphatic hydroxyl groups is 1. The molecular weight excluding hydrogens is 752 g/mol.